The van der Waals surface area contributed by atoms with Gasteiger partial charge < -0.3 is 14.4 Å². The topological polar surface area (TPSA) is 89.5 Å². The van der Waals surface area contributed by atoms with Crippen LogP contribution < -0.4 is 15.0 Å². The molecule has 1 fully saturated rings. The third-order valence-electron chi connectivity index (χ3n) is 5.71. The molecule has 0 aliphatic carbocycles. The number of benzene rings is 2. The highest BCUT2D eigenvalue weighted by atomic mass is 16.6. The predicted molar refractivity (Wildman–Crippen MR) is 135 cm³/mol. The molecule has 0 atom stereocenters. The Morgan fingerprint density at radius 1 is 0.943 bits per heavy atom. The van der Waals surface area contributed by atoms with Crippen LogP contribution in [0.1, 0.15) is 5.56 Å². The molecule has 1 saturated heterocycles. The number of carbonyl (C=O) groups excluding carboxylic acids is 1. The number of carbonyl (C=O) groups is 1. The van der Waals surface area contributed by atoms with E-state index in [1.165, 1.54) is 0 Å². The largest absolute Gasteiger partial charge is 0.417 e. The van der Waals surface area contributed by atoms with E-state index in [-0.39, 0.29) is 0 Å². The van der Waals surface area contributed by atoms with Crippen LogP contribution in [0.25, 0.3) is 22.6 Å². The smallest absolute Gasteiger partial charge is 0.410 e. The molecule has 35 heavy (non-hydrogen) atoms. The predicted octanol–water partition coefficient (Wildman–Crippen LogP) is 4.96. The number of nitrogens with one attached hydrogen (secondary N) is 1. The Morgan fingerprint density at radius 3 is 2.43 bits per heavy atom. The first-order chi connectivity index (χ1) is 17.2. The lowest BCUT2D eigenvalue weighted by Gasteiger charge is -2.30. The normalized spacial score (nSPS) is 13.3. The first-order valence-corrected chi connectivity index (χ1v) is 11.4. The molecule has 0 bridgehead atoms. The Hall–Kier alpha value is -4.30. The van der Waals surface area contributed by atoms with Crippen molar-refractivity contribution in [2.45, 2.75) is 6.92 Å². The average molecular weight is 468 g/mol. The van der Waals surface area contributed by atoms with Gasteiger partial charge in [-0.1, -0.05) is 18.2 Å². The molecule has 176 valence electrons. The van der Waals surface area contributed by atoms with Gasteiger partial charge in [0.1, 0.15) is 11.6 Å². The monoisotopic (exact) mass is 467 g/mol. The third kappa shape index (κ3) is 5.28. The Balaban J connectivity index is 1.43. The summed E-state index contributed by atoms with van der Waals surface area (Å²) in [5.41, 5.74) is 4.24. The van der Waals surface area contributed by atoms with E-state index < -0.39 is 6.09 Å². The summed E-state index contributed by atoms with van der Waals surface area (Å²) in [4.78, 5) is 28.5. The highest BCUT2D eigenvalue weighted by Gasteiger charge is 2.20. The maximum Gasteiger partial charge on any atom is 0.417 e. The molecule has 0 unspecified atom stereocenters. The number of para-hydroxylation sites is 1. The van der Waals surface area contributed by atoms with Crippen LogP contribution in [0, 0.1) is 6.92 Å². The van der Waals surface area contributed by atoms with Crippen LogP contribution in [-0.4, -0.2) is 47.3 Å². The Bertz CT molecular complexity index is 1290. The number of hydrogen-bond acceptors (Lipinski definition) is 7. The second kappa shape index (κ2) is 10.3. The molecule has 8 heteroatoms. The van der Waals surface area contributed by atoms with E-state index in [1.807, 2.05) is 67.7 Å². The molecule has 3 heterocycles. The van der Waals surface area contributed by atoms with Crippen molar-refractivity contribution in [3.8, 4) is 28.4 Å². The molecule has 0 saturated carbocycles. The Kier molecular flexibility index (Phi) is 6.63. The van der Waals surface area contributed by atoms with Crippen LogP contribution in [0.15, 0.2) is 79.1 Å². The standard InChI is InChI=1S/C27H25N5O3/c1-19-24(21-6-5-13-28-18-21)30-25(31-26(19)32-14-16-34-17-15-32)20-9-11-22(12-10-20)29-27(33)35-23-7-3-2-4-8-23/h2-13,18H,14-17H2,1H3,(H,29,33). The number of aromatic nitrogens is 3. The zero-order valence-corrected chi connectivity index (χ0v) is 19.3. The maximum absolute atomic E-state index is 12.2. The van der Waals surface area contributed by atoms with Crippen molar-refractivity contribution in [3.63, 3.8) is 0 Å². The molecule has 1 aliphatic heterocycles. The Labute approximate surface area is 203 Å². The van der Waals surface area contributed by atoms with Crippen LogP contribution in [0.3, 0.4) is 0 Å². The fourth-order valence-electron chi connectivity index (χ4n) is 3.94. The van der Waals surface area contributed by atoms with Crippen LogP contribution in [0.2, 0.25) is 0 Å². The van der Waals surface area contributed by atoms with E-state index in [0.717, 1.165) is 41.3 Å². The van der Waals surface area contributed by atoms with Gasteiger partial charge in [0, 0.05) is 47.9 Å². The van der Waals surface area contributed by atoms with Gasteiger partial charge in [-0.3, -0.25) is 10.3 Å². The number of nitrogens with zero attached hydrogens (tertiary/aromatic N) is 4. The van der Waals surface area contributed by atoms with Gasteiger partial charge in [0.2, 0.25) is 0 Å². The first-order valence-electron chi connectivity index (χ1n) is 11.4. The fourth-order valence-corrected chi connectivity index (χ4v) is 3.94. The maximum atomic E-state index is 12.2. The van der Waals surface area contributed by atoms with Gasteiger partial charge in [-0.25, -0.2) is 14.8 Å². The van der Waals surface area contributed by atoms with Crippen molar-refractivity contribution >= 4 is 17.6 Å². The summed E-state index contributed by atoms with van der Waals surface area (Å²) in [7, 11) is 0. The van der Waals surface area contributed by atoms with Gasteiger partial charge >= 0.3 is 6.09 Å². The quantitative estimate of drug-likeness (QED) is 0.444. The molecule has 1 amide bonds. The van der Waals surface area contributed by atoms with Gasteiger partial charge in [-0.05, 0) is 55.5 Å². The number of hydrogen-bond donors (Lipinski definition) is 1. The van der Waals surface area contributed by atoms with Gasteiger partial charge in [-0.2, -0.15) is 0 Å². The van der Waals surface area contributed by atoms with E-state index in [2.05, 4.69) is 15.2 Å². The molecular formula is C27H25N5O3. The molecule has 0 spiro atoms. The molecule has 4 aromatic rings. The van der Waals surface area contributed by atoms with Gasteiger partial charge in [0.05, 0.1) is 18.9 Å². The summed E-state index contributed by atoms with van der Waals surface area (Å²) in [6.45, 7) is 4.93. The number of amides is 1. The van der Waals surface area contributed by atoms with E-state index in [4.69, 9.17) is 19.4 Å². The summed E-state index contributed by atoms with van der Waals surface area (Å²) in [5, 5.41) is 2.75. The van der Waals surface area contributed by atoms with Gasteiger partial charge in [0.25, 0.3) is 0 Å². The minimum absolute atomic E-state index is 0.480. The molecule has 1 aliphatic rings. The second-order valence-electron chi connectivity index (χ2n) is 8.09. The number of anilines is 2. The summed E-state index contributed by atoms with van der Waals surface area (Å²) in [6, 6.07) is 20.2. The fraction of sp³-hybridized carbons (Fsp3) is 0.185. The van der Waals surface area contributed by atoms with Crippen LogP contribution in [-0.2, 0) is 4.74 Å². The average Bonchev–Trinajstić information content (AvgIpc) is 2.91. The number of rotatable bonds is 5. The summed E-state index contributed by atoms with van der Waals surface area (Å²) in [6.07, 6.45) is 3.01. The first kappa shape index (κ1) is 22.5. The lowest BCUT2D eigenvalue weighted by atomic mass is 10.1. The van der Waals surface area contributed by atoms with E-state index in [0.29, 0.717) is 30.5 Å². The van der Waals surface area contributed by atoms with Crippen molar-refractivity contribution in [1.82, 2.24) is 15.0 Å². The van der Waals surface area contributed by atoms with Crippen LogP contribution >= 0.6 is 0 Å². The third-order valence-corrected chi connectivity index (χ3v) is 5.71. The minimum Gasteiger partial charge on any atom is -0.410 e. The van der Waals surface area contributed by atoms with E-state index in [9.17, 15) is 4.79 Å². The van der Waals surface area contributed by atoms with Crippen LogP contribution in [0.4, 0.5) is 16.3 Å². The molecule has 2 aromatic carbocycles. The molecule has 1 N–H and O–H groups in total. The van der Waals surface area contributed by atoms with Crippen molar-refractivity contribution in [1.29, 1.82) is 0 Å². The molecular weight excluding hydrogens is 442 g/mol. The highest BCUT2D eigenvalue weighted by Crippen LogP contribution is 2.31. The zero-order valence-electron chi connectivity index (χ0n) is 19.3. The van der Waals surface area contributed by atoms with Gasteiger partial charge in [-0.15, -0.1) is 0 Å². The Morgan fingerprint density at radius 2 is 1.71 bits per heavy atom. The molecule has 0 radical (unpaired) electrons. The van der Waals surface area contributed by atoms with Crippen LogP contribution in [0.5, 0.6) is 5.75 Å². The number of morpholine rings is 1. The van der Waals surface area contributed by atoms with Crippen molar-refractivity contribution in [2.75, 3.05) is 36.5 Å². The molecule has 5 rings (SSSR count). The van der Waals surface area contributed by atoms with Crippen molar-refractivity contribution < 1.29 is 14.3 Å². The lowest BCUT2D eigenvalue weighted by molar-refractivity contribution is 0.122. The van der Waals surface area contributed by atoms with E-state index >= 15 is 0 Å². The summed E-state index contributed by atoms with van der Waals surface area (Å²) >= 11 is 0. The number of ether oxygens (including phenoxy) is 2. The minimum atomic E-state index is -0.552. The molecule has 2 aromatic heterocycles. The van der Waals surface area contributed by atoms with Gasteiger partial charge in [0.15, 0.2) is 5.82 Å². The van der Waals surface area contributed by atoms with E-state index in [1.54, 1.807) is 18.3 Å². The zero-order chi connectivity index (χ0) is 24.0. The summed E-state index contributed by atoms with van der Waals surface area (Å²) in [5.74, 6) is 1.98. The SMILES string of the molecule is Cc1c(-c2cccnc2)nc(-c2ccc(NC(=O)Oc3ccccc3)cc2)nc1N1CCOCC1. The number of pyridine rings is 1. The van der Waals surface area contributed by atoms with Crippen molar-refractivity contribution in [2.24, 2.45) is 0 Å². The lowest BCUT2D eigenvalue weighted by Crippen LogP contribution is -2.37. The van der Waals surface area contributed by atoms with Crippen molar-refractivity contribution in [3.05, 3.63) is 84.7 Å². The molecule has 8 nitrogen and oxygen atoms in total. The highest BCUT2D eigenvalue weighted by molar-refractivity contribution is 5.86. The second-order valence-corrected chi connectivity index (χ2v) is 8.09. The summed E-state index contributed by atoms with van der Waals surface area (Å²) < 4.78 is 10.8.